The predicted molar refractivity (Wildman–Crippen MR) is 149 cm³/mol. The van der Waals surface area contributed by atoms with Crippen molar-refractivity contribution < 1.29 is 23.8 Å². The number of carbonyl (C=O) groups is 2. The van der Waals surface area contributed by atoms with E-state index in [1.165, 1.54) is 19.1 Å². The van der Waals surface area contributed by atoms with Crippen molar-refractivity contribution in [1.29, 1.82) is 0 Å². The minimum Gasteiger partial charge on any atom is -0.496 e. The summed E-state index contributed by atoms with van der Waals surface area (Å²) >= 11 is 6.47. The van der Waals surface area contributed by atoms with Gasteiger partial charge < -0.3 is 24.4 Å². The Kier molecular flexibility index (Phi) is 10.0. The van der Waals surface area contributed by atoms with Gasteiger partial charge in [-0.1, -0.05) is 60.1 Å². The molecule has 0 spiro atoms. The lowest BCUT2D eigenvalue weighted by Crippen LogP contribution is -2.55. The molecule has 0 aromatic heterocycles. The van der Waals surface area contributed by atoms with Crippen LogP contribution in [0, 0.1) is 0 Å². The van der Waals surface area contributed by atoms with Crippen LogP contribution in [0.4, 0.5) is 0 Å². The molecule has 0 radical (unpaired) electrons. The maximum Gasteiger partial charge on any atom is 0.261 e. The number of hydrogen-bond acceptors (Lipinski definition) is 5. The Bertz CT molecular complexity index is 1200. The lowest BCUT2D eigenvalue weighted by atomic mass is 10.0. The highest BCUT2D eigenvalue weighted by molar-refractivity contribution is 6.31. The van der Waals surface area contributed by atoms with Crippen molar-refractivity contribution in [1.82, 2.24) is 10.2 Å². The number of carbonyl (C=O) groups excluding carboxylic acids is 2. The Balaban J connectivity index is 1.95. The van der Waals surface area contributed by atoms with Gasteiger partial charge in [0.05, 0.1) is 14.2 Å². The zero-order valence-corrected chi connectivity index (χ0v) is 23.2. The number of ether oxygens (including phenoxy) is 3. The van der Waals surface area contributed by atoms with E-state index in [0.29, 0.717) is 28.7 Å². The minimum atomic E-state index is -0.802. The maximum atomic E-state index is 13.8. The van der Waals surface area contributed by atoms with Crippen LogP contribution in [-0.4, -0.2) is 49.1 Å². The first-order chi connectivity index (χ1) is 18.1. The third kappa shape index (κ3) is 8.42. The third-order valence-electron chi connectivity index (χ3n) is 5.76. The summed E-state index contributed by atoms with van der Waals surface area (Å²) in [5, 5.41) is 3.55. The van der Waals surface area contributed by atoms with Crippen molar-refractivity contribution in [3.8, 4) is 17.2 Å². The highest BCUT2D eigenvalue weighted by atomic mass is 35.5. The number of amides is 2. The van der Waals surface area contributed by atoms with Crippen LogP contribution in [0.1, 0.15) is 31.9 Å². The highest BCUT2D eigenvalue weighted by Crippen LogP contribution is 2.28. The van der Waals surface area contributed by atoms with E-state index in [4.69, 9.17) is 25.8 Å². The van der Waals surface area contributed by atoms with Gasteiger partial charge in [0, 0.05) is 41.7 Å². The molecule has 8 heteroatoms. The Morgan fingerprint density at radius 2 is 1.47 bits per heavy atom. The van der Waals surface area contributed by atoms with Crippen molar-refractivity contribution in [2.24, 2.45) is 0 Å². The molecule has 3 aromatic carbocycles. The van der Waals surface area contributed by atoms with Gasteiger partial charge in [0.1, 0.15) is 23.3 Å². The molecule has 7 nitrogen and oxygen atoms in total. The number of nitrogens with zero attached hydrogens (tertiary/aromatic N) is 1. The number of hydrogen-bond donors (Lipinski definition) is 1. The van der Waals surface area contributed by atoms with Crippen molar-refractivity contribution in [3.05, 3.63) is 88.9 Å². The first-order valence-corrected chi connectivity index (χ1v) is 12.7. The Morgan fingerprint density at radius 3 is 2.05 bits per heavy atom. The van der Waals surface area contributed by atoms with Crippen LogP contribution >= 0.6 is 11.6 Å². The summed E-state index contributed by atoms with van der Waals surface area (Å²) in [6.07, 6.45) is 0.325. The van der Waals surface area contributed by atoms with Crippen LogP contribution < -0.4 is 19.5 Å². The molecule has 0 aliphatic carbocycles. The average molecular weight is 539 g/mol. The molecule has 0 bridgehead atoms. The molecule has 0 aliphatic rings. The molecule has 2 amide bonds. The first-order valence-electron chi connectivity index (χ1n) is 12.3. The fourth-order valence-corrected chi connectivity index (χ4v) is 4.11. The summed E-state index contributed by atoms with van der Waals surface area (Å²) in [7, 11) is 3.08. The SMILES string of the molecule is COc1cc(OC)cc(OCC(=O)N(Cc2ccccc2Cl)[C@@H](Cc2ccccc2)C(=O)NC(C)(C)C)c1. The molecule has 0 fully saturated rings. The quantitative estimate of drug-likeness (QED) is 0.359. The monoisotopic (exact) mass is 538 g/mol. The molecule has 0 saturated heterocycles. The molecule has 3 aromatic rings. The van der Waals surface area contributed by atoms with E-state index >= 15 is 0 Å². The summed E-state index contributed by atoms with van der Waals surface area (Å²) in [4.78, 5) is 28.9. The van der Waals surface area contributed by atoms with Gasteiger partial charge in [0.2, 0.25) is 5.91 Å². The summed E-state index contributed by atoms with van der Waals surface area (Å²) in [5.74, 6) is 0.852. The fraction of sp³-hybridized carbons (Fsp3) is 0.333. The van der Waals surface area contributed by atoms with Gasteiger partial charge in [-0.2, -0.15) is 0 Å². The second-order valence-electron chi connectivity index (χ2n) is 9.89. The molecule has 38 heavy (non-hydrogen) atoms. The molecule has 1 atom stereocenters. The van der Waals surface area contributed by atoms with Gasteiger partial charge in [-0.3, -0.25) is 9.59 Å². The number of nitrogens with one attached hydrogen (secondary N) is 1. The lowest BCUT2D eigenvalue weighted by Gasteiger charge is -2.34. The summed E-state index contributed by atoms with van der Waals surface area (Å²) in [6, 6.07) is 21.1. The fourth-order valence-electron chi connectivity index (χ4n) is 3.91. The van der Waals surface area contributed by atoms with Crippen LogP contribution in [-0.2, 0) is 22.6 Å². The molecule has 202 valence electrons. The van der Waals surface area contributed by atoms with Crippen molar-refractivity contribution in [3.63, 3.8) is 0 Å². The van der Waals surface area contributed by atoms with Crippen LogP contribution in [0.2, 0.25) is 5.02 Å². The van der Waals surface area contributed by atoms with E-state index in [1.807, 2.05) is 69.3 Å². The zero-order chi connectivity index (χ0) is 27.7. The molecule has 3 rings (SSSR count). The van der Waals surface area contributed by atoms with Crippen LogP contribution in [0.5, 0.6) is 17.2 Å². The average Bonchev–Trinajstić information content (AvgIpc) is 2.89. The van der Waals surface area contributed by atoms with Crippen LogP contribution in [0.25, 0.3) is 0 Å². The molecule has 0 unspecified atom stereocenters. The Morgan fingerprint density at radius 1 is 0.895 bits per heavy atom. The molecular weight excluding hydrogens is 504 g/mol. The lowest BCUT2D eigenvalue weighted by molar-refractivity contribution is -0.143. The molecule has 0 heterocycles. The number of methoxy groups -OCH3 is 2. The normalized spacial score (nSPS) is 11.8. The van der Waals surface area contributed by atoms with Gasteiger partial charge in [-0.15, -0.1) is 0 Å². The largest absolute Gasteiger partial charge is 0.496 e. The molecule has 1 N–H and O–H groups in total. The van der Waals surface area contributed by atoms with Crippen molar-refractivity contribution >= 4 is 23.4 Å². The predicted octanol–water partition coefficient (Wildman–Crippen LogP) is 5.29. The smallest absolute Gasteiger partial charge is 0.261 e. The van der Waals surface area contributed by atoms with Gasteiger partial charge in [0.15, 0.2) is 6.61 Å². The van der Waals surface area contributed by atoms with E-state index in [1.54, 1.807) is 24.3 Å². The molecular formula is C30H35ClN2O5. The van der Waals surface area contributed by atoms with Gasteiger partial charge in [-0.25, -0.2) is 0 Å². The van der Waals surface area contributed by atoms with Gasteiger partial charge >= 0.3 is 0 Å². The minimum absolute atomic E-state index is 0.137. The second-order valence-corrected chi connectivity index (χ2v) is 10.3. The third-order valence-corrected chi connectivity index (χ3v) is 6.12. The van der Waals surface area contributed by atoms with E-state index in [-0.39, 0.29) is 25.0 Å². The first kappa shape index (κ1) is 28.9. The Hall–Kier alpha value is -3.71. The van der Waals surface area contributed by atoms with Gasteiger partial charge in [-0.05, 0) is 38.0 Å². The van der Waals surface area contributed by atoms with Crippen LogP contribution in [0.15, 0.2) is 72.8 Å². The van der Waals surface area contributed by atoms with Gasteiger partial charge in [0.25, 0.3) is 5.91 Å². The summed E-state index contributed by atoms with van der Waals surface area (Å²) < 4.78 is 16.5. The highest BCUT2D eigenvalue weighted by Gasteiger charge is 2.32. The topological polar surface area (TPSA) is 77.1 Å². The molecule has 0 saturated carbocycles. The summed E-state index contributed by atoms with van der Waals surface area (Å²) in [6.45, 7) is 5.56. The zero-order valence-electron chi connectivity index (χ0n) is 22.5. The second kappa shape index (κ2) is 13.2. The van der Waals surface area contributed by atoms with E-state index in [0.717, 1.165) is 11.1 Å². The summed E-state index contributed by atoms with van der Waals surface area (Å²) in [5.41, 5.74) is 1.17. The number of benzene rings is 3. The van der Waals surface area contributed by atoms with E-state index in [2.05, 4.69) is 5.32 Å². The number of halogens is 1. The van der Waals surface area contributed by atoms with E-state index < -0.39 is 11.6 Å². The molecule has 0 aliphatic heterocycles. The maximum absolute atomic E-state index is 13.8. The standard InChI is InChI=1S/C30H35ClN2O5/c1-30(2,3)32-29(35)27(15-21-11-7-6-8-12-21)33(19-22-13-9-10-14-26(22)31)28(34)20-38-25-17-23(36-4)16-24(18-25)37-5/h6-14,16-18,27H,15,19-20H2,1-5H3,(H,32,35)/t27-/m0/s1. The van der Waals surface area contributed by atoms with Crippen molar-refractivity contribution in [2.45, 2.75) is 45.3 Å². The number of rotatable bonds is 11. The van der Waals surface area contributed by atoms with Crippen molar-refractivity contribution in [2.75, 3.05) is 20.8 Å². The van der Waals surface area contributed by atoms with E-state index in [9.17, 15) is 9.59 Å². The Labute approximate surface area is 229 Å². The van der Waals surface area contributed by atoms with Crippen LogP contribution in [0.3, 0.4) is 0 Å².